The van der Waals surface area contributed by atoms with Gasteiger partial charge in [-0.2, -0.15) is 15.9 Å². The van der Waals surface area contributed by atoms with Crippen LogP contribution in [0.3, 0.4) is 0 Å². The van der Waals surface area contributed by atoms with Gasteiger partial charge in [-0.15, -0.1) is 0 Å². The van der Waals surface area contributed by atoms with Gasteiger partial charge in [-0.3, -0.25) is 0 Å². The highest BCUT2D eigenvalue weighted by molar-refractivity contribution is 7.97. The van der Waals surface area contributed by atoms with E-state index in [4.69, 9.17) is 0 Å². The van der Waals surface area contributed by atoms with Crippen LogP contribution in [0.1, 0.15) is 101 Å². The van der Waals surface area contributed by atoms with E-state index in [1.165, 1.54) is 64.2 Å². The predicted molar refractivity (Wildman–Crippen MR) is 186 cm³/mol. The van der Waals surface area contributed by atoms with Gasteiger partial charge in [-0.1, -0.05) is 77.2 Å². The average Bonchev–Trinajstić information content (AvgIpc) is 3.82. The van der Waals surface area contributed by atoms with Crippen LogP contribution in [0.2, 0.25) is 0 Å². The first kappa shape index (κ1) is 32.7. The Bertz CT molecular complexity index is 1350. The first-order valence-corrected chi connectivity index (χ1v) is 16.8. The molecule has 0 aromatic carbocycles. The molecule has 3 aromatic heterocycles. The number of nitrogens with one attached hydrogen (secondary N) is 6. The number of unbranched alkanes of at least 4 members (excludes halogenated alkanes) is 8. The first-order valence-electron chi connectivity index (χ1n) is 15.9. The molecule has 5 rings (SSSR count). The number of hydrogen-bond donors (Lipinski definition) is 6. The highest BCUT2D eigenvalue weighted by atomic mass is 32.2. The minimum Gasteiger partial charge on any atom is -0.355 e. The van der Waals surface area contributed by atoms with Gasteiger partial charge in [-0.25, -0.2) is 15.4 Å². The Labute approximate surface area is 260 Å². The summed E-state index contributed by atoms with van der Waals surface area (Å²) in [6, 6.07) is 16.4. The molecular formula is C34H48N8S. The Balaban J connectivity index is 0.000000205. The molecule has 0 atom stereocenters. The first-order chi connectivity index (χ1) is 21.2. The second-order valence-corrected chi connectivity index (χ2v) is 11.8. The molecule has 5 heterocycles. The Morgan fingerprint density at radius 3 is 1.60 bits per heavy atom. The van der Waals surface area contributed by atoms with Gasteiger partial charge >= 0.3 is 0 Å². The lowest BCUT2D eigenvalue weighted by Gasteiger charge is -2.09. The van der Waals surface area contributed by atoms with Crippen molar-refractivity contribution < 1.29 is 0 Å². The largest absolute Gasteiger partial charge is 0.355 e. The van der Waals surface area contributed by atoms with Gasteiger partial charge in [0, 0.05) is 34.4 Å². The highest BCUT2D eigenvalue weighted by Gasteiger charge is 2.02. The maximum atomic E-state index is 4.62. The van der Waals surface area contributed by atoms with Gasteiger partial charge in [-0.05, 0) is 85.7 Å². The van der Waals surface area contributed by atoms with Crippen molar-refractivity contribution >= 4 is 58.3 Å². The molecule has 0 amide bonds. The summed E-state index contributed by atoms with van der Waals surface area (Å²) in [6.45, 7) is 5.49. The van der Waals surface area contributed by atoms with Gasteiger partial charge in [0.2, 0.25) is 0 Å². The standard InChI is InChI=1S/C20H14N4.C14H34N4S/c1-2-14-10-16-5-6-18(23-16)12-20-8-7-19(24-20)11-17-4-3-15(22-17)9-13(1)21-14;1-3-5-7-8-9-10-11-12-13-15-16-17-18-19-14-6-4-2/h1-12,21-22H;15-18H,3-14H2,1-2H3. The molecule has 9 heteroatoms. The number of nitrogens with zero attached hydrogens (tertiary/aromatic N) is 2. The number of hydrazine groups is 3. The van der Waals surface area contributed by atoms with E-state index < -0.39 is 0 Å². The molecule has 0 unspecified atom stereocenters. The molecule has 0 radical (unpaired) electrons. The third-order valence-electron chi connectivity index (χ3n) is 7.07. The predicted octanol–water partition coefficient (Wildman–Crippen LogP) is 8.33. The molecule has 0 saturated carbocycles. The van der Waals surface area contributed by atoms with Crippen LogP contribution in [0.15, 0.2) is 48.5 Å². The quantitative estimate of drug-likeness (QED) is 0.0384. The zero-order valence-electron chi connectivity index (χ0n) is 25.7. The Kier molecular flexibility index (Phi) is 14.6. The fraction of sp³-hybridized carbons (Fsp3) is 0.412. The Hall–Kier alpha value is -3.21. The summed E-state index contributed by atoms with van der Waals surface area (Å²) in [5.74, 6) is 1.14. The van der Waals surface area contributed by atoms with Crippen molar-refractivity contribution in [1.82, 2.24) is 41.3 Å². The fourth-order valence-corrected chi connectivity index (χ4v) is 5.39. The molecule has 3 aromatic rings. The number of aromatic amines is 2. The molecule has 230 valence electrons. The SMILES string of the molecule is C1=Cc2cc3ccc(cc4ccc(cc5nc(cc1n2)C=C5)[nH]4)[nH]3.CCCCCCCCCCNNNNSCCCC. The van der Waals surface area contributed by atoms with Crippen molar-refractivity contribution in [1.29, 1.82) is 0 Å². The smallest absolute Gasteiger partial charge is 0.0659 e. The van der Waals surface area contributed by atoms with Gasteiger partial charge in [0.05, 0.1) is 22.8 Å². The van der Waals surface area contributed by atoms with E-state index in [-0.39, 0.29) is 0 Å². The summed E-state index contributed by atoms with van der Waals surface area (Å²) in [7, 11) is 0. The van der Waals surface area contributed by atoms with Crippen LogP contribution >= 0.6 is 11.9 Å². The van der Waals surface area contributed by atoms with Crippen molar-refractivity contribution in [3.05, 3.63) is 71.3 Å². The lowest BCUT2D eigenvalue weighted by Crippen LogP contribution is -2.48. The zero-order valence-corrected chi connectivity index (χ0v) is 26.5. The number of aromatic nitrogens is 4. The summed E-state index contributed by atoms with van der Waals surface area (Å²) in [4.78, 5) is 19.1. The van der Waals surface area contributed by atoms with E-state index in [0.29, 0.717) is 0 Å². The van der Waals surface area contributed by atoms with E-state index >= 15 is 0 Å². The minimum absolute atomic E-state index is 0.915. The molecule has 6 N–H and O–H groups in total. The van der Waals surface area contributed by atoms with E-state index in [1.54, 1.807) is 11.9 Å². The van der Waals surface area contributed by atoms with Crippen LogP contribution < -0.4 is 21.3 Å². The van der Waals surface area contributed by atoms with Crippen molar-refractivity contribution in [2.45, 2.75) is 78.1 Å². The summed E-state index contributed by atoms with van der Waals surface area (Å²) >= 11 is 1.70. The monoisotopic (exact) mass is 600 g/mol. The van der Waals surface area contributed by atoms with Crippen molar-refractivity contribution in [2.24, 2.45) is 0 Å². The maximum absolute atomic E-state index is 4.62. The molecule has 2 aliphatic heterocycles. The van der Waals surface area contributed by atoms with E-state index in [9.17, 15) is 0 Å². The Morgan fingerprint density at radius 1 is 0.558 bits per heavy atom. The molecule has 0 aliphatic carbocycles. The minimum atomic E-state index is 0.915. The lowest BCUT2D eigenvalue weighted by molar-refractivity contribution is 0.414. The molecule has 8 bridgehead atoms. The van der Waals surface area contributed by atoms with Crippen LogP contribution in [0.4, 0.5) is 0 Å². The van der Waals surface area contributed by atoms with Gasteiger partial charge in [0.15, 0.2) is 0 Å². The molecule has 8 nitrogen and oxygen atoms in total. The Morgan fingerprint density at radius 2 is 1.05 bits per heavy atom. The third-order valence-corrected chi connectivity index (χ3v) is 7.81. The molecular weight excluding hydrogens is 552 g/mol. The van der Waals surface area contributed by atoms with Crippen LogP contribution in [0, 0.1) is 0 Å². The maximum Gasteiger partial charge on any atom is 0.0659 e. The highest BCUT2D eigenvalue weighted by Crippen LogP contribution is 2.17. The van der Waals surface area contributed by atoms with Crippen LogP contribution in [-0.4, -0.2) is 32.2 Å². The average molecular weight is 601 g/mol. The van der Waals surface area contributed by atoms with E-state index in [1.807, 2.05) is 42.5 Å². The summed E-state index contributed by atoms with van der Waals surface area (Å²) < 4.78 is 0. The van der Waals surface area contributed by atoms with Crippen LogP contribution in [0.25, 0.3) is 46.4 Å². The van der Waals surface area contributed by atoms with Crippen molar-refractivity contribution in [2.75, 3.05) is 12.3 Å². The van der Waals surface area contributed by atoms with Crippen LogP contribution in [0.5, 0.6) is 0 Å². The molecule has 43 heavy (non-hydrogen) atoms. The van der Waals surface area contributed by atoms with E-state index in [2.05, 4.69) is 85.4 Å². The zero-order chi connectivity index (χ0) is 30.0. The molecule has 0 saturated heterocycles. The van der Waals surface area contributed by atoms with Gasteiger partial charge in [0.25, 0.3) is 0 Å². The lowest BCUT2D eigenvalue weighted by atomic mass is 10.1. The normalized spacial score (nSPS) is 12.0. The van der Waals surface area contributed by atoms with Gasteiger partial charge in [0.1, 0.15) is 0 Å². The summed E-state index contributed by atoms with van der Waals surface area (Å²) in [6.07, 6.45) is 21.5. The van der Waals surface area contributed by atoms with Gasteiger partial charge < -0.3 is 9.97 Å². The number of rotatable bonds is 16. The fourth-order valence-electron chi connectivity index (χ4n) is 4.73. The number of hydrogen-bond acceptors (Lipinski definition) is 7. The van der Waals surface area contributed by atoms with Crippen LogP contribution in [-0.2, 0) is 0 Å². The third kappa shape index (κ3) is 12.5. The number of H-pyrrole nitrogens is 2. The topological polar surface area (TPSA) is 105 Å². The second kappa shape index (κ2) is 19.1. The summed E-state index contributed by atoms with van der Waals surface area (Å²) in [5, 5.41) is 0. The second-order valence-electron chi connectivity index (χ2n) is 10.9. The summed E-state index contributed by atoms with van der Waals surface area (Å²) in [5.41, 5.74) is 16.9. The molecule has 2 aliphatic rings. The van der Waals surface area contributed by atoms with E-state index in [0.717, 1.165) is 57.1 Å². The van der Waals surface area contributed by atoms with Crippen molar-refractivity contribution in [3.8, 4) is 0 Å². The molecule has 0 fully saturated rings. The molecule has 0 spiro atoms. The van der Waals surface area contributed by atoms with Crippen molar-refractivity contribution in [3.63, 3.8) is 0 Å². The number of fused-ring (bicyclic) bond motifs is 8.